The monoisotopic (exact) mass is 287 g/mol. The first kappa shape index (κ1) is 14.1. The first-order valence-electron chi connectivity index (χ1n) is 7.59. The van der Waals surface area contributed by atoms with Crippen molar-refractivity contribution in [2.45, 2.75) is 31.6 Å². The average molecular weight is 287 g/mol. The van der Waals surface area contributed by atoms with Crippen molar-refractivity contribution in [3.63, 3.8) is 0 Å². The van der Waals surface area contributed by atoms with Gasteiger partial charge in [0.25, 0.3) is 0 Å². The van der Waals surface area contributed by atoms with Gasteiger partial charge in [-0.1, -0.05) is 30.3 Å². The van der Waals surface area contributed by atoms with Gasteiger partial charge >= 0.3 is 5.97 Å². The van der Waals surface area contributed by atoms with Crippen molar-refractivity contribution in [3.05, 3.63) is 35.9 Å². The van der Waals surface area contributed by atoms with Crippen LogP contribution in [0, 0.1) is 17.8 Å². The Balaban J connectivity index is 1.63. The third kappa shape index (κ3) is 2.80. The second-order valence-corrected chi connectivity index (χ2v) is 6.56. The molecule has 0 aromatic heterocycles. The maximum Gasteiger partial charge on any atom is 0.315 e. The molecule has 2 aliphatic rings. The van der Waals surface area contributed by atoms with Crippen LogP contribution in [0.5, 0.6) is 0 Å². The van der Waals surface area contributed by atoms with E-state index in [9.17, 15) is 14.7 Å². The normalized spacial score (nSPS) is 26.7. The molecule has 2 N–H and O–H groups in total. The third-order valence-electron chi connectivity index (χ3n) is 4.90. The number of carbonyl (C=O) groups is 2. The van der Waals surface area contributed by atoms with Crippen LogP contribution in [0.3, 0.4) is 0 Å². The minimum atomic E-state index is -1.08. The molecule has 2 saturated carbocycles. The van der Waals surface area contributed by atoms with E-state index in [1.54, 1.807) is 19.1 Å². The second-order valence-electron chi connectivity index (χ2n) is 6.56. The van der Waals surface area contributed by atoms with Crippen molar-refractivity contribution in [1.29, 1.82) is 0 Å². The van der Waals surface area contributed by atoms with Gasteiger partial charge in [-0.3, -0.25) is 9.59 Å². The van der Waals surface area contributed by atoms with Crippen LogP contribution in [0.4, 0.5) is 0 Å². The summed E-state index contributed by atoms with van der Waals surface area (Å²) in [4.78, 5) is 23.8. The molecular formula is C17H21NO3. The van der Waals surface area contributed by atoms with Gasteiger partial charge in [0, 0.05) is 12.5 Å². The van der Waals surface area contributed by atoms with E-state index in [0.717, 1.165) is 12.3 Å². The molecule has 4 heteroatoms. The number of carbonyl (C=O) groups excluding carboxylic acids is 1. The van der Waals surface area contributed by atoms with Crippen LogP contribution in [0.15, 0.2) is 30.3 Å². The Kier molecular flexibility index (Phi) is 3.47. The first-order chi connectivity index (χ1) is 10.0. The van der Waals surface area contributed by atoms with Gasteiger partial charge in [0.1, 0.15) is 5.41 Å². The standard InChI is InChI=1S/C17H21NO3/c1-17(16(20)21,12-5-3-2-4-6-12)10-18-15(19)14-9-13(14)11-7-8-11/h2-6,11,13-14H,7-10H2,1H3,(H,18,19)(H,20,21). The van der Waals surface area contributed by atoms with E-state index in [0.29, 0.717) is 11.5 Å². The summed E-state index contributed by atoms with van der Waals surface area (Å²) in [5, 5.41) is 12.4. The fourth-order valence-corrected chi connectivity index (χ4v) is 3.06. The number of benzene rings is 1. The Morgan fingerprint density at radius 3 is 2.52 bits per heavy atom. The van der Waals surface area contributed by atoms with Crippen molar-refractivity contribution in [2.75, 3.05) is 6.54 Å². The number of aliphatic carboxylic acids is 1. The Labute approximate surface area is 124 Å². The van der Waals surface area contributed by atoms with Crippen molar-refractivity contribution >= 4 is 11.9 Å². The van der Waals surface area contributed by atoms with Crippen molar-refractivity contribution in [1.82, 2.24) is 5.32 Å². The SMILES string of the molecule is CC(CNC(=O)C1CC1C1CC1)(C(=O)O)c1ccccc1. The highest BCUT2D eigenvalue weighted by Gasteiger charge is 2.51. The molecule has 112 valence electrons. The van der Waals surface area contributed by atoms with E-state index in [-0.39, 0.29) is 18.4 Å². The van der Waals surface area contributed by atoms with Gasteiger partial charge in [-0.2, -0.15) is 0 Å². The zero-order valence-corrected chi connectivity index (χ0v) is 12.2. The molecule has 2 aliphatic carbocycles. The molecule has 0 spiro atoms. The molecule has 1 amide bonds. The van der Waals surface area contributed by atoms with Crippen LogP contribution in [0.1, 0.15) is 31.7 Å². The molecule has 3 unspecified atom stereocenters. The molecule has 1 aromatic rings. The predicted molar refractivity (Wildman–Crippen MR) is 78.8 cm³/mol. The number of nitrogens with one attached hydrogen (secondary N) is 1. The molecule has 0 aliphatic heterocycles. The summed E-state index contributed by atoms with van der Waals surface area (Å²) in [5.41, 5.74) is -0.367. The van der Waals surface area contributed by atoms with Crippen LogP contribution in [-0.4, -0.2) is 23.5 Å². The van der Waals surface area contributed by atoms with Gasteiger partial charge in [0.2, 0.25) is 5.91 Å². The summed E-state index contributed by atoms with van der Waals surface area (Å²) in [5.74, 6) is 0.531. The molecule has 3 rings (SSSR count). The first-order valence-corrected chi connectivity index (χ1v) is 7.59. The fourth-order valence-electron chi connectivity index (χ4n) is 3.06. The Hall–Kier alpha value is -1.84. The van der Waals surface area contributed by atoms with E-state index in [1.165, 1.54) is 12.8 Å². The van der Waals surface area contributed by atoms with Gasteiger partial charge in [0.05, 0.1) is 0 Å². The molecule has 3 atom stereocenters. The van der Waals surface area contributed by atoms with E-state index in [4.69, 9.17) is 0 Å². The maximum absolute atomic E-state index is 12.1. The molecule has 4 nitrogen and oxygen atoms in total. The molecular weight excluding hydrogens is 266 g/mol. The highest BCUT2D eigenvalue weighted by molar-refractivity contribution is 5.85. The van der Waals surface area contributed by atoms with Gasteiger partial charge in [0.15, 0.2) is 0 Å². The maximum atomic E-state index is 12.1. The van der Waals surface area contributed by atoms with E-state index in [1.807, 2.05) is 18.2 Å². The van der Waals surface area contributed by atoms with Crippen LogP contribution < -0.4 is 5.32 Å². The molecule has 2 fully saturated rings. The summed E-state index contributed by atoms with van der Waals surface area (Å²) in [7, 11) is 0. The Morgan fingerprint density at radius 1 is 1.29 bits per heavy atom. The van der Waals surface area contributed by atoms with Crippen LogP contribution in [0.2, 0.25) is 0 Å². The van der Waals surface area contributed by atoms with Gasteiger partial charge in [-0.05, 0) is 43.6 Å². The highest BCUT2D eigenvalue weighted by atomic mass is 16.4. The Morgan fingerprint density at radius 2 is 1.95 bits per heavy atom. The lowest BCUT2D eigenvalue weighted by Gasteiger charge is -2.25. The molecule has 21 heavy (non-hydrogen) atoms. The van der Waals surface area contributed by atoms with Gasteiger partial charge in [-0.25, -0.2) is 0 Å². The predicted octanol–water partition coefficient (Wildman–Crippen LogP) is 2.19. The van der Waals surface area contributed by atoms with E-state index >= 15 is 0 Å². The summed E-state index contributed by atoms with van der Waals surface area (Å²) >= 11 is 0. The van der Waals surface area contributed by atoms with E-state index < -0.39 is 11.4 Å². The minimum Gasteiger partial charge on any atom is -0.481 e. The van der Waals surface area contributed by atoms with Crippen LogP contribution in [0.25, 0.3) is 0 Å². The molecule has 0 heterocycles. The lowest BCUT2D eigenvalue weighted by atomic mass is 9.82. The highest BCUT2D eigenvalue weighted by Crippen LogP contribution is 2.54. The average Bonchev–Trinajstić information content (AvgIpc) is 3.36. The summed E-state index contributed by atoms with van der Waals surface area (Å²) in [6.45, 7) is 1.80. The third-order valence-corrected chi connectivity index (χ3v) is 4.90. The lowest BCUT2D eigenvalue weighted by molar-refractivity contribution is -0.143. The summed E-state index contributed by atoms with van der Waals surface area (Å²) in [6.07, 6.45) is 3.49. The summed E-state index contributed by atoms with van der Waals surface area (Å²) < 4.78 is 0. The van der Waals surface area contributed by atoms with Crippen molar-refractivity contribution in [3.8, 4) is 0 Å². The van der Waals surface area contributed by atoms with Gasteiger partial charge in [-0.15, -0.1) is 0 Å². The molecule has 0 bridgehead atoms. The van der Waals surface area contributed by atoms with Crippen molar-refractivity contribution in [2.24, 2.45) is 17.8 Å². The van der Waals surface area contributed by atoms with Gasteiger partial charge < -0.3 is 10.4 Å². The van der Waals surface area contributed by atoms with E-state index in [2.05, 4.69) is 5.32 Å². The van der Waals surface area contributed by atoms with Crippen LogP contribution in [-0.2, 0) is 15.0 Å². The minimum absolute atomic E-state index is 0.0234. The number of amides is 1. The quantitative estimate of drug-likeness (QED) is 0.843. The second kappa shape index (κ2) is 5.17. The van der Waals surface area contributed by atoms with Crippen LogP contribution >= 0.6 is 0 Å². The number of hydrogen-bond acceptors (Lipinski definition) is 2. The summed E-state index contributed by atoms with van der Waals surface area (Å²) in [6, 6.07) is 9.09. The molecule has 0 saturated heterocycles. The number of rotatable bonds is 6. The fraction of sp³-hybridized carbons (Fsp3) is 0.529. The zero-order valence-electron chi connectivity index (χ0n) is 12.2. The zero-order chi connectivity index (χ0) is 15.0. The van der Waals surface area contributed by atoms with Crippen molar-refractivity contribution < 1.29 is 14.7 Å². The number of carboxylic acids is 1. The molecule has 1 aromatic carbocycles. The Bertz CT molecular complexity index is 552. The number of carboxylic acid groups (broad SMARTS) is 1. The molecule has 0 radical (unpaired) electrons. The number of hydrogen-bond donors (Lipinski definition) is 2. The largest absolute Gasteiger partial charge is 0.481 e. The topological polar surface area (TPSA) is 66.4 Å². The smallest absolute Gasteiger partial charge is 0.315 e. The lowest BCUT2D eigenvalue weighted by Crippen LogP contribution is -2.45.